The Kier molecular flexibility index (Phi) is 5.10. The average Bonchev–Trinajstić information content (AvgIpc) is 2.37. The number of hydrogen-bond acceptors (Lipinski definition) is 4. The summed E-state index contributed by atoms with van der Waals surface area (Å²) in [6.07, 6.45) is 0. The summed E-state index contributed by atoms with van der Waals surface area (Å²) >= 11 is 3.33. The first kappa shape index (κ1) is 14.5. The van der Waals surface area contributed by atoms with Crippen LogP contribution in [0.4, 0.5) is 11.4 Å². The molecule has 1 aromatic carbocycles. The first-order valence-corrected chi connectivity index (χ1v) is 6.55. The molecule has 0 aliphatic heterocycles. The summed E-state index contributed by atoms with van der Waals surface area (Å²) in [5.74, 6) is -0.0895. The van der Waals surface area contributed by atoms with Crippen LogP contribution < -0.4 is 4.90 Å². The number of non-ortho nitro benzene ring substituents is 1. The van der Waals surface area contributed by atoms with Crippen molar-refractivity contribution < 1.29 is 4.92 Å². The molecule has 0 amide bonds. The molecule has 0 heterocycles. The van der Waals surface area contributed by atoms with Crippen LogP contribution in [-0.2, 0) is 5.33 Å². The predicted molar refractivity (Wildman–Crippen MR) is 73.8 cm³/mol. The highest BCUT2D eigenvalue weighted by molar-refractivity contribution is 9.08. The molecular formula is C12H14BrN3O2. The minimum absolute atomic E-state index is 0.0786. The van der Waals surface area contributed by atoms with Crippen molar-refractivity contribution >= 4 is 27.3 Å². The molecule has 96 valence electrons. The Morgan fingerprint density at radius 1 is 1.61 bits per heavy atom. The molecule has 0 saturated heterocycles. The number of alkyl halides is 1. The minimum atomic E-state index is -0.409. The van der Waals surface area contributed by atoms with Crippen molar-refractivity contribution in [1.29, 1.82) is 5.26 Å². The van der Waals surface area contributed by atoms with Gasteiger partial charge in [-0.05, 0) is 18.6 Å². The fraction of sp³-hybridized carbons (Fsp3) is 0.417. The quantitative estimate of drug-likeness (QED) is 0.476. The zero-order valence-electron chi connectivity index (χ0n) is 10.3. The standard InChI is InChI=1S/C12H14BrN3O2/c1-9(7-14)8-15(2)12-4-3-11(16(17)18)5-10(12)6-13/h3-5,9H,6,8H2,1-2H3. The molecule has 0 saturated carbocycles. The molecule has 0 aromatic heterocycles. The third-order valence-corrected chi connectivity index (χ3v) is 3.20. The highest BCUT2D eigenvalue weighted by Crippen LogP contribution is 2.27. The van der Waals surface area contributed by atoms with Gasteiger partial charge in [0.15, 0.2) is 0 Å². The van der Waals surface area contributed by atoms with Crippen LogP contribution in [-0.4, -0.2) is 18.5 Å². The van der Waals surface area contributed by atoms with Gasteiger partial charge in [-0.3, -0.25) is 10.1 Å². The van der Waals surface area contributed by atoms with E-state index in [1.54, 1.807) is 12.1 Å². The lowest BCUT2D eigenvalue weighted by Crippen LogP contribution is -2.24. The van der Waals surface area contributed by atoms with Crippen molar-refractivity contribution in [2.24, 2.45) is 5.92 Å². The van der Waals surface area contributed by atoms with E-state index >= 15 is 0 Å². The smallest absolute Gasteiger partial charge is 0.269 e. The van der Waals surface area contributed by atoms with Gasteiger partial charge in [0.1, 0.15) is 0 Å². The van der Waals surface area contributed by atoms with Crippen molar-refractivity contribution in [3.63, 3.8) is 0 Å². The van der Waals surface area contributed by atoms with E-state index in [0.29, 0.717) is 11.9 Å². The van der Waals surface area contributed by atoms with Gasteiger partial charge >= 0.3 is 0 Å². The largest absolute Gasteiger partial charge is 0.373 e. The maximum Gasteiger partial charge on any atom is 0.269 e. The first-order valence-electron chi connectivity index (χ1n) is 5.43. The van der Waals surface area contributed by atoms with E-state index in [9.17, 15) is 10.1 Å². The second-order valence-corrected chi connectivity index (χ2v) is 4.68. The summed E-state index contributed by atoms with van der Waals surface area (Å²) < 4.78 is 0. The van der Waals surface area contributed by atoms with Gasteiger partial charge in [-0.15, -0.1) is 0 Å². The molecule has 0 aliphatic rings. The van der Waals surface area contributed by atoms with Gasteiger partial charge in [0, 0.05) is 36.7 Å². The van der Waals surface area contributed by atoms with Crippen LogP contribution >= 0.6 is 15.9 Å². The molecule has 18 heavy (non-hydrogen) atoms. The summed E-state index contributed by atoms with van der Waals surface area (Å²) in [4.78, 5) is 12.2. The summed E-state index contributed by atoms with van der Waals surface area (Å²) in [5.41, 5.74) is 1.83. The van der Waals surface area contributed by atoms with E-state index in [1.807, 2.05) is 18.9 Å². The third-order valence-electron chi connectivity index (χ3n) is 2.60. The molecule has 1 unspecified atom stereocenters. The molecule has 5 nitrogen and oxygen atoms in total. The number of hydrogen-bond donors (Lipinski definition) is 0. The highest BCUT2D eigenvalue weighted by Gasteiger charge is 2.14. The molecule has 1 aromatic rings. The molecule has 0 spiro atoms. The maximum absolute atomic E-state index is 10.7. The van der Waals surface area contributed by atoms with E-state index in [1.165, 1.54) is 6.07 Å². The number of nitro benzene ring substituents is 1. The normalized spacial score (nSPS) is 11.7. The number of nitro groups is 1. The molecule has 1 atom stereocenters. The zero-order chi connectivity index (χ0) is 13.7. The van der Waals surface area contributed by atoms with Crippen molar-refractivity contribution in [3.8, 4) is 6.07 Å². The average molecular weight is 312 g/mol. The zero-order valence-corrected chi connectivity index (χ0v) is 11.8. The fourth-order valence-corrected chi connectivity index (χ4v) is 2.16. The van der Waals surface area contributed by atoms with E-state index in [-0.39, 0.29) is 11.6 Å². The van der Waals surface area contributed by atoms with Crippen molar-refractivity contribution in [1.82, 2.24) is 0 Å². The lowest BCUT2D eigenvalue weighted by molar-refractivity contribution is -0.384. The number of nitriles is 1. The van der Waals surface area contributed by atoms with Crippen LogP contribution in [0.15, 0.2) is 18.2 Å². The SMILES string of the molecule is CC(C#N)CN(C)c1ccc([N+](=O)[O-])cc1CBr. The Bertz CT molecular complexity index is 485. The summed E-state index contributed by atoms with van der Waals surface area (Å²) in [7, 11) is 1.88. The number of anilines is 1. The van der Waals surface area contributed by atoms with E-state index in [2.05, 4.69) is 22.0 Å². The van der Waals surface area contributed by atoms with Crippen LogP contribution in [0.1, 0.15) is 12.5 Å². The third kappa shape index (κ3) is 3.44. The number of rotatable bonds is 5. The van der Waals surface area contributed by atoms with E-state index in [4.69, 9.17) is 5.26 Å². The molecule has 0 bridgehead atoms. The molecule has 0 aliphatic carbocycles. The van der Waals surface area contributed by atoms with Crippen LogP contribution in [0.2, 0.25) is 0 Å². The van der Waals surface area contributed by atoms with Gasteiger partial charge in [-0.25, -0.2) is 0 Å². The van der Waals surface area contributed by atoms with Crippen molar-refractivity contribution in [3.05, 3.63) is 33.9 Å². The van der Waals surface area contributed by atoms with Crippen LogP contribution in [0.5, 0.6) is 0 Å². The lowest BCUT2D eigenvalue weighted by Gasteiger charge is -2.22. The van der Waals surface area contributed by atoms with Gasteiger partial charge in [0.05, 0.1) is 16.9 Å². The molecular weight excluding hydrogens is 298 g/mol. The monoisotopic (exact) mass is 311 g/mol. The van der Waals surface area contributed by atoms with Gasteiger partial charge in [0.25, 0.3) is 5.69 Å². The summed E-state index contributed by atoms with van der Waals surface area (Å²) in [6.45, 7) is 2.43. The lowest BCUT2D eigenvalue weighted by atomic mass is 10.1. The van der Waals surface area contributed by atoms with Crippen LogP contribution in [0.25, 0.3) is 0 Å². The van der Waals surface area contributed by atoms with E-state index in [0.717, 1.165) is 11.3 Å². The van der Waals surface area contributed by atoms with E-state index < -0.39 is 4.92 Å². The summed E-state index contributed by atoms with van der Waals surface area (Å²) in [6, 6.07) is 6.93. The Morgan fingerprint density at radius 3 is 2.78 bits per heavy atom. The first-order chi connectivity index (χ1) is 8.49. The minimum Gasteiger partial charge on any atom is -0.373 e. The number of benzene rings is 1. The molecule has 6 heteroatoms. The van der Waals surface area contributed by atoms with Gasteiger partial charge in [0.2, 0.25) is 0 Å². The molecule has 1 rings (SSSR count). The Hall–Kier alpha value is -1.61. The maximum atomic E-state index is 10.7. The summed E-state index contributed by atoms with van der Waals surface area (Å²) in [5, 5.41) is 20.0. The topological polar surface area (TPSA) is 70.2 Å². The molecule has 0 radical (unpaired) electrons. The van der Waals surface area contributed by atoms with Crippen LogP contribution in [0.3, 0.4) is 0 Å². The number of nitrogens with zero attached hydrogens (tertiary/aromatic N) is 3. The number of halogens is 1. The fourth-order valence-electron chi connectivity index (χ4n) is 1.71. The van der Waals surface area contributed by atoms with Gasteiger partial charge in [-0.2, -0.15) is 5.26 Å². The Balaban J connectivity index is 3.02. The predicted octanol–water partition coefficient (Wildman–Crippen LogP) is 3.09. The second-order valence-electron chi connectivity index (χ2n) is 4.11. The molecule has 0 N–H and O–H groups in total. The molecule has 0 fully saturated rings. The van der Waals surface area contributed by atoms with Gasteiger partial charge in [-0.1, -0.05) is 15.9 Å². The Morgan fingerprint density at radius 2 is 2.28 bits per heavy atom. The highest BCUT2D eigenvalue weighted by atomic mass is 79.9. The van der Waals surface area contributed by atoms with Gasteiger partial charge < -0.3 is 4.90 Å². The van der Waals surface area contributed by atoms with Crippen LogP contribution in [0, 0.1) is 27.4 Å². The van der Waals surface area contributed by atoms with Crippen molar-refractivity contribution in [2.45, 2.75) is 12.3 Å². The second kappa shape index (κ2) is 6.36. The van der Waals surface area contributed by atoms with Crippen molar-refractivity contribution in [2.75, 3.05) is 18.5 Å². The Labute approximate surface area is 114 Å².